The van der Waals surface area contributed by atoms with E-state index in [0.29, 0.717) is 11.8 Å². The van der Waals surface area contributed by atoms with Crippen LogP contribution in [0, 0.1) is 11.8 Å². The zero-order valence-corrected chi connectivity index (χ0v) is 16.2. The van der Waals surface area contributed by atoms with E-state index in [0.717, 1.165) is 32.5 Å². The Morgan fingerprint density at radius 2 is 1.14 bits per heavy atom. The van der Waals surface area contributed by atoms with Crippen molar-refractivity contribution in [2.45, 2.75) is 105 Å². The molecule has 0 heterocycles. The molecule has 0 spiro atoms. The van der Waals surface area contributed by atoms with Crippen molar-refractivity contribution in [2.24, 2.45) is 11.8 Å². The van der Waals surface area contributed by atoms with Crippen LogP contribution in [0.4, 0.5) is 0 Å². The smallest absolute Gasteiger partial charge is 0.168 e. The Hall–Kier alpha value is -0.0800. The van der Waals surface area contributed by atoms with Gasteiger partial charge in [-0.1, -0.05) is 80.1 Å². The highest BCUT2D eigenvalue weighted by Crippen LogP contribution is 2.29. The van der Waals surface area contributed by atoms with E-state index < -0.39 is 0 Å². The topological polar surface area (TPSA) is 18.5 Å². The zero-order chi connectivity index (χ0) is 16.8. The third-order valence-electron chi connectivity index (χ3n) is 3.90. The van der Waals surface area contributed by atoms with Crippen molar-refractivity contribution < 1.29 is 9.47 Å². The molecule has 0 radical (unpaired) electrons. The number of hydrogen-bond donors (Lipinski definition) is 0. The van der Waals surface area contributed by atoms with Gasteiger partial charge in [0.15, 0.2) is 5.79 Å². The molecule has 0 aliphatic carbocycles. The van der Waals surface area contributed by atoms with Gasteiger partial charge in [-0.2, -0.15) is 0 Å². The van der Waals surface area contributed by atoms with Crippen LogP contribution >= 0.6 is 0 Å². The Morgan fingerprint density at radius 3 is 1.59 bits per heavy atom. The molecule has 0 aliphatic rings. The van der Waals surface area contributed by atoms with Gasteiger partial charge < -0.3 is 9.47 Å². The summed E-state index contributed by atoms with van der Waals surface area (Å²) in [5.41, 5.74) is 0. The first-order valence-corrected chi connectivity index (χ1v) is 9.73. The summed E-state index contributed by atoms with van der Waals surface area (Å²) in [5, 5.41) is 0. The van der Waals surface area contributed by atoms with Crippen molar-refractivity contribution in [3.05, 3.63) is 0 Å². The second-order valence-electron chi connectivity index (χ2n) is 7.59. The molecule has 0 fully saturated rings. The Bertz CT molecular complexity index is 224. The molecule has 0 atom stereocenters. The van der Waals surface area contributed by atoms with Crippen LogP contribution in [0.25, 0.3) is 0 Å². The van der Waals surface area contributed by atoms with Crippen LogP contribution in [0.5, 0.6) is 0 Å². The number of unbranched alkanes of at least 4 members (excludes halogenated alkanes) is 5. The summed E-state index contributed by atoms with van der Waals surface area (Å²) in [4.78, 5) is 0. The Labute approximate surface area is 140 Å². The summed E-state index contributed by atoms with van der Waals surface area (Å²) in [5.74, 6) is 0.778. The molecule has 0 aromatic heterocycles. The van der Waals surface area contributed by atoms with Crippen LogP contribution in [0.15, 0.2) is 0 Å². The molecule has 2 nitrogen and oxygen atoms in total. The minimum Gasteiger partial charge on any atom is -0.350 e. The average Bonchev–Trinajstić information content (AvgIpc) is 2.46. The van der Waals surface area contributed by atoms with Crippen molar-refractivity contribution >= 4 is 0 Å². The molecule has 0 aliphatic heterocycles. The summed E-state index contributed by atoms with van der Waals surface area (Å²) in [6.45, 7) is 14.9. The standard InChI is InChI=1S/C20H42O2/c1-7-9-10-11-12-13-15-20(14-8-2,21-16-18(3)4)22-17-19(5)6/h18-19H,7-17H2,1-6H3. The molecule has 0 aromatic carbocycles. The SMILES string of the molecule is CCCCCCCCC(CCC)(OCC(C)C)OCC(C)C. The molecule has 0 saturated carbocycles. The summed E-state index contributed by atoms with van der Waals surface area (Å²) in [6.07, 6.45) is 11.1. The average molecular weight is 315 g/mol. The Morgan fingerprint density at radius 1 is 0.636 bits per heavy atom. The van der Waals surface area contributed by atoms with Gasteiger partial charge in [0.2, 0.25) is 0 Å². The molecule has 0 aromatic rings. The monoisotopic (exact) mass is 314 g/mol. The van der Waals surface area contributed by atoms with E-state index in [-0.39, 0.29) is 5.79 Å². The van der Waals surface area contributed by atoms with Crippen molar-refractivity contribution in [1.82, 2.24) is 0 Å². The molecule has 22 heavy (non-hydrogen) atoms. The predicted molar refractivity (Wildman–Crippen MR) is 97.2 cm³/mol. The highest BCUT2D eigenvalue weighted by molar-refractivity contribution is 4.71. The van der Waals surface area contributed by atoms with E-state index >= 15 is 0 Å². The van der Waals surface area contributed by atoms with E-state index in [2.05, 4.69) is 41.5 Å². The van der Waals surface area contributed by atoms with Gasteiger partial charge in [-0.15, -0.1) is 0 Å². The van der Waals surface area contributed by atoms with Gasteiger partial charge in [0.25, 0.3) is 0 Å². The van der Waals surface area contributed by atoms with Crippen LogP contribution in [0.3, 0.4) is 0 Å². The number of hydrogen-bond acceptors (Lipinski definition) is 2. The molecule has 0 saturated heterocycles. The van der Waals surface area contributed by atoms with E-state index in [1.165, 1.54) is 38.5 Å². The molecule has 0 N–H and O–H groups in total. The minimum absolute atomic E-state index is 0.339. The summed E-state index contributed by atoms with van der Waals surface area (Å²) in [7, 11) is 0. The maximum atomic E-state index is 6.29. The molecule has 0 rings (SSSR count). The fourth-order valence-electron chi connectivity index (χ4n) is 2.65. The van der Waals surface area contributed by atoms with E-state index in [1.807, 2.05) is 0 Å². The van der Waals surface area contributed by atoms with Crippen LogP contribution in [0.1, 0.15) is 99.3 Å². The molecule has 0 unspecified atom stereocenters. The molecular weight excluding hydrogens is 272 g/mol. The molecule has 134 valence electrons. The lowest BCUT2D eigenvalue weighted by Crippen LogP contribution is -2.38. The second-order valence-corrected chi connectivity index (χ2v) is 7.59. The Kier molecular flexibility index (Phi) is 13.3. The molecular formula is C20H42O2. The zero-order valence-electron chi connectivity index (χ0n) is 16.2. The lowest BCUT2D eigenvalue weighted by Gasteiger charge is -2.35. The van der Waals surface area contributed by atoms with Crippen LogP contribution in [0.2, 0.25) is 0 Å². The molecule has 2 heteroatoms. The first-order valence-electron chi connectivity index (χ1n) is 9.73. The largest absolute Gasteiger partial charge is 0.350 e. The summed E-state index contributed by atoms with van der Waals surface area (Å²) >= 11 is 0. The highest BCUT2D eigenvalue weighted by Gasteiger charge is 2.31. The maximum absolute atomic E-state index is 6.29. The first kappa shape index (κ1) is 21.9. The van der Waals surface area contributed by atoms with Crippen molar-refractivity contribution in [3.63, 3.8) is 0 Å². The van der Waals surface area contributed by atoms with Crippen molar-refractivity contribution in [1.29, 1.82) is 0 Å². The van der Waals surface area contributed by atoms with Crippen molar-refractivity contribution in [3.8, 4) is 0 Å². The normalized spacial score (nSPS) is 12.5. The van der Waals surface area contributed by atoms with E-state index in [9.17, 15) is 0 Å². The Balaban J connectivity index is 4.42. The van der Waals surface area contributed by atoms with Crippen LogP contribution in [-0.2, 0) is 9.47 Å². The summed E-state index contributed by atoms with van der Waals surface area (Å²) in [6, 6.07) is 0. The van der Waals surface area contributed by atoms with Crippen LogP contribution < -0.4 is 0 Å². The third kappa shape index (κ3) is 11.5. The minimum atomic E-state index is -0.339. The maximum Gasteiger partial charge on any atom is 0.168 e. The van der Waals surface area contributed by atoms with E-state index in [4.69, 9.17) is 9.47 Å². The van der Waals surface area contributed by atoms with Gasteiger partial charge in [0, 0.05) is 12.8 Å². The second kappa shape index (κ2) is 13.4. The van der Waals surface area contributed by atoms with Gasteiger partial charge in [-0.25, -0.2) is 0 Å². The van der Waals surface area contributed by atoms with Crippen LogP contribution in [-0.4, -0.2) is 19.0 Å². The van der Waals surface area contributed by atoms with Gasteiger partial charge >= 0.3 is 0 Å². The van der Waals surface area contributed by atoms with Crippen molar-refractivity contribution in [2.75, 3.05) is 13.2 Å². The summed E-state index contributed by atoms with van der Waals surface area (Å²) < 4.78 is 12.6. The highest BCUT2D eigenvalue weighted by atomic mass is 16.7. The van der Waals surface area contributed by atoms with E-state index in [1.54, 1.807) is 0 Å². The lowest BCUT2D eigenvalue weighted by molar-refractivity contribution is -0.253. The first-order chi connectivity index (χ1) is 10.5. The molecule has 0 amide bonds. The fraction of sp³-hybridized carbons (Fsp3) is 1.00. The third-order valence-corrected chi connectivity index (χ3v) is 3.90. The number of ether oxygens (including phenoxy) is 2. The van der Waals surface area contributed by atoms with Gasteiger partial charge in [0.05, 0.1) is 13.2 Å². The number of rotatable bonds is 15. The fourth-order valence-corrected chi connectivity index (χ4v) is 2.65. The van der Waals surface area contributed by atoms with Gasteiger partial charge in [-0.3, -0.25) is 0 Å². The van der Waals surface area contributed by atoms with Gasteiger partial charge in [0.1, 0.15) is 0 Å². The molecule has 0 bridgehead atoms. The lowest BCUT2D eigenvalue weighted by atomic mass is 10.0. The predicted octanol–water partition coefficient (Wildman–Crippen LogP) is 6.58. The quantitative estimate of drug-likeness (QED) is 0.251. The van der Waals surface area contributed by atoms with Gasteiger partial charge in [-0.05, 0) is 18.3 Å².